The first-order valence-electron chi connectivity index (χ1n) is 6.73. The van der Waals surface area contributed by atoms with Crippen LogP contribution in [0.5, 0.6) is 0 Å². The van der Waals surface area contributed by atoms with Crippen LogP contribution in [-0.2, 0) is 20.7 Å². The molecule has 0 radical (unpaired) electrons. The van der Waals surface area contributed by atoms with E-state index in [0.29, 0.717) is 18.7 Å². The smallest absolute Gasteiger partial charge is 0.321 e. The molecule has 7 heteroatoms. The van der Waals surface area contributed by atoms with Gasteiger partial charge in [0.25, 0.3) is 5.91 Å². The predicted octanol–water partition coefficient (Wildman–Crippen LogP) is 1.24. The van der Waals surface area contributed by atoms with Gasteiger partial charge in [-0.05, 0) is 18.1 Å². The third-order valence-corrected chi connectivity index (χ3v) is 2.44. The van der Waals surface area contributed by atoms with Gasteiger partial charge in [-0.25, -0.2) is 4.79 Å². The van der Waals surface area contributed by atoms with Crippen LogP contribution >= 0.6 is 0 Å². The summed E-state index contributed by atoms with van der Waals surface area (Å²) >= 11 is 0. The maximum atomic E-state index is 11.4. The Morgan fingerprint density at radius 3 is 2.71 bits per heavy atom. The van der Waals surface area contributed by atoms with Crippen molar-refractivity contribution in [1.82, 2.24) is 10.6 Å². The molecule has 0 aromatic carbocycles. The van der Waals surface area contributed by atoms with Gasteiger partial charge in [0, 0.05) is 13.0 Å². The maximum absolute atomic E-state index is 11.4. The van der Waals surface area contributed by atoms with Crippen LogP contribution in [0.15, 0.2) is 22.8 Å². The largest absolute Gasteiger partial charge is 0.469 e. The Balaban J connectivity index is 2.14. The first kappa shape index (κ1) is 16.7. The van der Waals surface area contributed by atoms with Crippen LogP contribution in [0.25, 0.3) is 0 Å². The van der Waals surface area contributed by atoms with Crippen LogP contribution in [0.3, 0.4) is 0 Å². The summed E-state index contributed by atoms with van der Waals surface area (Å²) in [5.74, 6) is -0.235. The van der Waals surface area contributed by atoms with Crippen molar-refractivity contribution >= 4 is 17.9 Å². The number of ether oxygens (including phenoxy) is 1. The average Bonchev–Trinajstić information content (AvgIpc) is 2.94. The summed E-state index contributed by atoms with van der Waals surface area (Å²) in [5, 5.41) is 4.60. The van der Waals surface area contributed by atoms with E-state index in [0.717, 1.165) is 0 Å². The standard InChI is InChI=1S/C14H20N2O5/c1-10(2)8-15-14(19)16-12(17)9-21-13(18)6-5-11-4-3-7-20-11/h3-4,7,10H,5-6,8-9H2,1-2H3,(H2,15,16,17,19). The molecule has 0 spiro atoms. The van der Waals surface area contributed by atoms with Crippen LogP contribution < -0.4 is 10.6 Å². The quantitative estimate of drug-likeness (QED) is 0.738. The number of aryl methyl sites for hydroxylation is 1. The molecule has 0 bridgehead atoms. The van der Waals surface area contributed by atoms with Gasteiger partial charge in [-0.1, -0.05) is 13.8 Å². The van der Waals surface area contributed by atoms with Crippen molar-refractivity contribution in [1.29, 1.82) is 0 Å². The minimum atomic E-state index is -0.664. The van der Waals surface area contributed by atoms with E-state index in [1.165, 1.54) is 6.26 Å². The summed E-state index contributed by atoms with van der Waals surface area (Å²) in [5.41, 5.74) is 0. The van der Waals surface area contributed by atoms with Crippen LogP contribution in [0.1, 0.15) is 26.0 Å². The molecule has 21 heavy (non-hydrogen) atoms. The monoisotopic (exact) mass is 296 g/mol. The Bertz CT molecular complexity index is 468. The van der Waals surface area contributed by atoms with Crippen LogP contribution in [-0.4, -0.2) is 31.1 Å². The Morgan fingerprint density at radius 2 is 2.10 bits per heavy atom. The van der Waals surface area contributed by atoms with Gasteiger partial charge < -0.3 is 14.5 Å². The molecule has 0 aliphatic carbocycles. The van der Waals surface area contributed by atoms with Crippen molar-refractivity contribution in [3.63, 3.8) is 0 Å². The lowest BCUT2D eigenvalue weighted by molar-refractivity contribution is -0.148. The minimum Gasteiger partial charge on any atom is -0.469 e. The first-order chi connectivity index (χ1) is 9.97. The van der Waals surface area contributed by atoms with Gasteiger partial charge in [-0.2, -0.15) is 0 Å². The highest BCUT2D eigenvalue weighted by atomic mass is 16.5. The van der Waals surface area contributed by atoms with E-state index in [4.69, 9.17) is 9.15 Å². The number of carbonyl (C=O) groups is 3. The molecule has 3 amide bonds. The molecule has 0 aliphatic rings. The van der Waals surface area contributed by atoms with Crippen LogP contribution in [0.2, 0.25) is 0 Å². The van der Waals surface area contributed by atoms with E-state index in [2.05, 4.69) is 10.6 Å². The van der Waals surface area contributed by atoms with E-state index in [-0.39, 0.29) is 12.3 Å². The highest BCUT2D eigenvalue weighted by Crippen LogP contribution is 2.04. The number of esters is 1. The molecule has 1 aromatic heterocycles. The summed E-state index contributed by atoms with van der Waals surface area (Å²) in [6, 6.07) is 2.88. The van der Waals surface area contributed by atoms with Gasteiger partial charge >= 0.3 is 12.0 Å². The summed E-state index contributed by atoms with van der Waals surface area (Å²) in [6.45, 7) is 3.85. The van der Waals surface area contributed by atoms with E-state index in [1.807, 2.05) is 13.8 Å². The zero-order chi connectivity index (χ0) is 15.7. The SMILES string of the molecule is CC(C)CNC(=O)NC(=O)COC(=O)CCc1ccco1. The molecule has 1 aromatic rings. The maximum Gasteiger partial charge on any atom is 0.321 e. The number of amides is 3. The highest BCUT2D eigenvalue weighted by Gasteiger charge is 2.11. The third-order valence-electron chi connectivity index (χ3n) is 2.44. The van der Waals surface area contributed by atoms with Gasteiger partial charge in [0.1, 0.15) is 5.76 Å². The van der Waals surface area contributed by atoms with Gasteiger partial charge in [0.05, 0.1) is 12.7 Å². The van der Waals surface area contributed by atoms with E-state index >= 15 is 0 Å². The van der Waals surface area contributed by atoms with Gasteiger partial charge in [-0.15, -0.1) is 0 Å². The topological polar surface area (TPSA) is 97.6 Å². The fraction of sp³-hybridized carbons (Fsp3) is 0.500. The van der Waals surface area contributed by atoms with Gasteiger partial charge in [-0.3, -0.25) is 14.9 Å². The summed E-state index contributed by atoms with van der Waals surface area (Å²) in [4.78, 5) is 34.1. The molecule has 116 valence electrons. The minimum absolute atomic E-state index is 0.111. The van der Waals surface area contributed by atoms with Crippen molar-refractivity contribution in [2.75, 3.05) is 13.2 Å². The molecule has 1 heterocycles. The van der Waals surface area contributed by atoms with Crippen molar-refractivity contribution in [3.05, 3.63) is 24.2 Å². The van der Waals surface area contributed by atoms with Crippen molar-refractivity contribution in [2.24, 2.45) is 5.92 Å². The number of hydrogen-bond acceptors (Lipinski definition) is 5. The molecule has 0 fully saturated rings. The molecule has 0 saturated carbocycles. The van der Waals surface area contributed by atoms with Crippen LogP contribution in [0.4, 0.5) is 4.79 Å². The lowest BCUT2D eigenvalue weighted by Crippen LogP contribution is -2.42. The van der Waals surface area contributed by atoms with Crippen LogP contribution in [0, 0.1) is 5.92 Å². The molecule has 2 N–H and O–H groups in total. The fourth-order valence-corrected chi connectivity index (χ4v) is 1.40. The molecular formula is C14H20N2O5. The zero-order valence-corrected chi connectivity index (χ0v) is 12.2. The number of rotatable bonds is 7. The zero-order valence-electron chi connectivity index (χ0n) is 12.2. The number of imide groups is 1. The van der Waals surface area contributed by atoms with E-state index in [9.17, 15) is 14.4 Å². The Hall–Kier alpha value is -2.31. The summed E-state index contributed by atoms with van der Waals surface area (Å²) in [7, 11) is 0. The van der Waals surface area contributed by atoms with E-state index in [1.54, 1.807) is 12.1 Å². The Labute approximate surface area is 123 Å². The second-order valence-electron chi connectivity index (χ2n) is 4.89. The molecular weight excluding hydrogens is 276 g/mol. The lowest BCUT2D eigenvalue weighted by Gasteiger charge is -2.08. The number of urea groups is 1. The fourth-order valence-electron chi connectivity index (χ4n) is 1.40. The van der Waals surface area contributed by atoms with Crippen molar-refractivity contribution < 1.29 is 23.5 Å². The number of carbonyl (C=O) groups excluding carboxylic acids is 3. The number of furan rings is 1. The van der Waals surface area contributed by atoms with Crippen molar-refractivity contribution in [2.45, 2.75) is 26.7 Å². The Kier molecular flexibility index (Phi) is 7.00. The molecule has 1 rings (SSSR count). The molecule has 0 saturated heterocycles. The highest BCUT2D eigenvalue weighted by molar-refractivity contribution is 5.95. The third kappa shape index (κ3) is 7.76. The summed E-state index contributed by atoms with van der Waals surface area (Å²) in [6.07, 6.45) is 2.03. The normalized spacial score (nSPS) is 10.2. The first-order valence-corrected chi connectivity index (χ1v) is 6.73. The second kappa shape index (κ2) is 8.78. The van der Waals surface area contributed by atoms with Gasteiger partial charge in [0.15, 0.2) is 6.61 Å². The van der Waals surface area contributed by atoms with Crippen molar-refractivity contribution in [3.8, 4) is 0 Å². The molecule has 0 atom stereocenters. The molecule has 7 nitrogen and oxygen atoms in total. The van der Waals surface area contributed by atoms with E-state index < -0.39 is 24.5 Å². The Morgan fingerprint density at radius 1 is 1.33 bits per heavy atom. The lowest BCUT2D eigenvalue weighted by atomic mass is 10.2. The number of nitrogens with one attached hydrogen (secondary N) is 2. The molecule has 0 unspecified atom stereocenters. The average molecular weight is 296 g/mol. The summed E-state index contributed by atoms with van der Waals surface area (Å²) < 4.78 is 9.82. The van der Waals surface area contributed by atoms with Gasteiger partial charge in [0.2, 0.25) is 0 Å². The number of hydrogen-bond donors (Lipinski definition) is 2. The molecule has 0 aliphatic heterocycles. The predicted molar refractivity (Wildman–Crippen MR) is 74.4 cm³/mol. The second-order valence-corrected chi connectivity index (χ2v) is 4.89.